The number of aryl methyl sites for hydroxylation is 2. The van der Waals surface area contributed by atoms with Gasteiger partial charge in [-0.1, -0.05) is 51.0 Å². The van der Waals surface area contributed by atoms with Gasteiger partial charge in [-0.05, 0) is 80.3 Å². The fourth-order valence-corrected chi connectivity index (χ4v) is 5.69. The maximum absolute atomic E-state index is 11.4. The third-order valence-corrected chi connectivity index (χ3v) is 7.57. The van der Waals surface area contributed by atoms with Crippen LogP contribution in [0.15, 0.2) is 53.4 Å². The Morgan fingerprint density at radius 2 is 1.79 bits per heavy atom. The van der Waals surface area contributed by atoms with Gasteiger partial charge in [-0.2, -0.15) is 4.98 Å². The SMILES string of the molecule is Cc1cccc(C)c1-c1cc(OCC(CC(C)C)NC2CCCC2)nc(NSc2cccc(C(=O)O)c2)n1. The van der Waals surface area contributed by atoms with Gasteiger partial charge >= 0.3 is 5.97 Å². The lowest BCUT2D eigenvalue weighted by Crippen LogP contribution is -2.41. The maximum atomic E-state index is 11.4. The molecule has 1 fully saturated rings. The van der Waals surface area contributed by atoms with Crippen molar-refractivity contribution in [1.29, 1.82) is 0 Å². The number of rotatable bonds is 12. The third-order valence-electron chi connectivity index (χ3n) is 6.80. The molecule has 0 spiro atoms. The van der Waals surface area contributed by atoms with Crippen LogP contribution in [-0.4, -0.2) is 39.7 Å². The van der Waals surface area contributed by atoms with E-state index in [1.807, 2.05) is 18.2 Å². The van der Waals surface area contributed by atoms with Gasteiger partial charge in [0.25, 0.3) is 0 Å². The van der Waals surface area contributed by atoms with E-state index in [0.717, 1.165) is 33.7 Å². The highest BCUT2D eigenvalue weighted by Gasteiger charge is 2.21. The summed E-state index contributed by atoms with van der Waals surface area (Å²) in [6.07, 6.45) is 6.08. The number of carboxylic acids is 1. The number of aromatic carboxylic acids is 1. The lowest BCUT2D eigenvalue weighted by atomic mass is 10.00. The minimum absolute atomic E-state index is 0.233. The summed E-state index contributed by atoms with van der Waals surface area (Å²) in [5, 5.41) is 13.1. The predicted molar refractivity (Wildman–Crippen MR) is 154 cm³/mol. The van der Waals surface area contributed by atoms with E-state index in [9.17, 15) is 9.90 Å². The first-order valence-electron chi connectivity index (χ1n) is 13.4. The molecule has 1 aliphatic rings. The molecule has 2 aromatic carbocycles. The molecule has 1 saturated carbocycles. The average Bonchev–Trinajstić information content (AvgIpc) is 3.39. The van der Waals surface area contributed by atoms with Gasteiger partial charge in [-0.25, -0.2) is 9.78 Å². The van der Waals surface area contributed by atoms with Crippen molar-refractivity contribution in [3.05, 3.63) is 65.2 Å². The first-order chi connectivity index (χ1) is 18.3. The molecule has 1 heterocycles. The number of nitrogens with zero attached hydrogens (tertiary/aromatic N) is 2. The Morgan fingerprint density at radius 3 is 2.47 bits per heavy atom. The summed E-state index contributed by atoms with van der Waals surface area (Å²) in [4.78, 5) is 21.6. The zero-order valence-corrected chi connectivity index (χ0v) is 23.5. The molecule has 3 aromatic rings. The van der Waals surface area contributed by atoms with Crippen molar-refractivity contribution in [2.75, 3.05) is 11.3 Å². The van der Waals surface area contributed by atoms with Crippen LogP contribution in [-0.2, 0) is 0 Å². The average molecular weight is 535 g/mol. The summed E-state index contributed by atoms with van der Waals surface area (Å²) >= 11 is 1.27. The molecule has 202 valence electrons. The van der Waals surface area contributed by atoms with Crippen molar-refractivity contribution in [1.82, 2.24) is 15.3 Å². The van der Waals surface area contributed by atoms with Crippen molar-refractivity contribution in [2.45, 2.75) is 76.8 Å². The van der Waals surface area contributed by atoms with Gasteiger partial charge in [0.05, 0.1) is 11.3 Å². The maximum Gasteiger partial charge on any atom is 0.335 e. The highest BCUT2D eigenvalue weighted by molar-refractivity contribution is 8.00. The Kier molecular flexibility index (Phi) is 9.63. The number of ether oxygens (including phenoxy) is 1. The molecule has 3 N–H and O–H groups in total. The normalized spacial score (nSPS) is 14.6. The minimum atomic E-state index is -0.960. The molecule has 1 aliphatic carbocycles. The van der Waals surface area contributed by atoms with E-state index in [4.69, 9.17) is 9.72 Å². The minimum Gasteiger partial charge on any atom is -0.478 e. The molecule has 4 rings (SSSR count). The lowest BCUT2D eigenvalue weighted by Gasteiger charge is -2.24. The van der Waals surface area contributed by atoms with Gasteiger partial charge in [0.2, 0.25) is 11.8 Å². The van der Waals surface area contributed by atoms with Crippen molar-refractivity contribution in [3.63, 3.8) is 0 Å². The molecule has 0 aliphatic heterocycles. The van der Waals surface area contributed by atoms with Crippen molar-refractivity contribution >= 4 is 23.9 Å². The molecular formula is C30H38N4O3S. The number of anilines is 1. The van der Waals surface area contributed by atoms with Gasteiger partial charge in [-0.3, -0.25) is 4.72 Å². The van der Waals surface area contributed by atoms with Gasteiger partial charge in [-0.15, -0.1) is 0 Å². The Hall–Kier alpha value is -3.10. The molecule has 8 heteroatoms. The summed E-state index contributed by atoms with van der Waals surface area (Å²) in [6.45, 7) is 9.17. The first-order valence-corrected chi connectivity index (χ1v) is 14.2. The monoisotopic (exact) mass is 534 g/mol. The van der Waals surface area contributed by atoms with Crippen molar-refractivity contribution in [3.8, 4) is 17.1 Å². The van der Waals surface area contributed by atoms with Crippen LogP contribution in [0.3, 0.4) is 0 Å². The summed E-state index contributed by atoms with van der Waals surface area (Å²) in [5.41, 5.74) is 4.34. The van der Waals surface area contributed by atoms with Gasteiger partial charge in [0.1, 0.15) is 6.61 Å². The summed E-state index contributed by atoms with van der Waals surface area (Å²) in [6, 6.07) is 15.7. The van der Waals surface area contributed by atoms with E-state index < -0.39 is 5.97 Å². The van der Waals surface area contributed by atoms with Crippen LogP contribution in [0.4, 0.5) is 5.95 Å². The summed E-state index contributed by atoms with van der Waals surface area (Å²) in [7, 11) is 0. The number of nitrogens with one attached hydrogen (secondary N) is 2. The highest BCUT2D eigenvalue weighted by Crippen LogP contribution is 2.30. The molecule has 1 aromatic heterocycles. The fraction of sp³-hybridized carbons (Fsp3) is 0.433. The van der Waals surface area contributed by atoms with Gasteiger partial charge < -0.3 is 15.2 Å². The number of carboxylic acid groups (broad SMARTS) is 1. The summed E-state index contributed by atoms with van der Waals surface area (Å²) in [5.74, 6) is 0.527. The van der Waals surface area contributed by atoms with Crippen molar-refractivity contribution in [2.24, 2.45) is 5.92 Å². The second-order valence-electron chi connectivity index (χ2n) is 10.5. The number of carbonyl (C=O) groups is 1. The largest absolute Gasteiger partial charge is 0.478 e. The van der Waals surface area contributed by atoms with Crippen molar-refractivity contribution < 1.29 is 14.6 Å². The molecule has 38 heavy (non-hydrogen) atoms. The van der Waals surface area contributed by atoms with Crippen LogP contribution in [0.25, 0.3) is 11.3 Å². The summed E-state index contributed by atoms with van der Waals surface area (Å²) < 4.78 is 9.52. The second-order valence-corrected chi connectivity index (χ2v) is 11.4. The number of hydrogen-bond donors (Lipinski definition) is 3. The lowest BCUT2D eigenvalue weighted by molar-refractivity contribution is 0.0696. The zero-order valence-electron chi connectivity index (χ0n) is 22.7. The van der Waals surface area contributed by atoms with Crippen LogP contribution < -0.4 is 14.8 Å². The zero-order chi connectivity index (χ0) is 27.1. The molecular weight excluding hydrogens is 496 g/mol. The molecule has 0 radical (unpaired) electrons. The molecule has 0 bridgehead atoms. The Balaban J connectivity index is 1.57. The van der Waals surface area contributed by atoms with E-state index >= 15 is 0 Å². The van der Waals surface area contributed by atoms with Gasteiger partial charge in [0, 0.05) is 28.6 Å². The van der Waals surface area contributed by atoms with Gasteiger partial charge in [0.15, 0.2) is 0 Å². The first kappa shape index (κ1) is 27.9. The molecule has 0 amide bonds. The Bertz CT molecular complexity index is 1220. The number of benzene rings is 2. The van der Waals surface area contributed by atoms with Crippen LogP contribution >= 0.6 is 11.9 Å². The smallest absolute Gasteiger partial charge is 0.335 e. The van der Waals surface area contributed by atoms with E-state index in [1.54, 1.807) is 18.2 Å². The molecule has 1 atom stereocenters. The standard InChI is InChI=1S/C30H38N4O3S/c1-19(2)15-24(31-23-12-5-6-13-23)18-37-27-17-26(28-20(3)9-7-10-21(28)4)32-30(33-27)34-38-25-14-8-11-22(16-25)29(35)36/h7-11,14,16-17,19,23-24,31H,5-6,12-13,15,18H2,1-4H3,(H,35,36)(H,32,33,34). The Labute approximate surface area is 230 Å². The van der Waals surface area contributed by atoms with Crippen LogP contribution in [0.1, 0.15) is 67.4 Å². The van der Waals surface area contributed by atoms with E-state index in [0.29, 0.717) is 30.4 Å². The topological polar surface area (TPSA) is 96.4 Å². The number of hydrogen-bond acceptors (Lipinski definition) is 7. The van der Waals surface area contributed by atoms with Crippen LogP contribution in [0.2, 0.25) is 0 Å². The van der Waals surface area contributed by atoms with Crippen LogP contribution in [0, 0.1) is 19.8 Å². The molecule has 1 unspecified atom stereocenters. The van der Waals surface area contributed by atoms with E-state index in [1.165, 1.54) is 37.6 Å². The highest BCUT2D eigenvalue weighted by atomic mass is 32.2. The number of aromatic nitrogens is 2. The quantitative estimate of drug-likeness (QED) is 0.216. The van der Waals surface area contributed by atoms with E-state index in [2.05, 4.69) is 54.9 Å². The van der Waals surface area contributed by atoms with E-state index in [-0.39, 0.29) is 11.6 Å². The second kappa shape index (κ2) is 13.1. The molecule has 7 nitrogen and oxygen atoms in total. The van der Waals surface area contributed by atoms with Crippen LogP contribution in [0.5, 0.6) is 5.88 Å². The Morgan fingerprint density at radius 1 is 1.08 bits per heavy atom. The third kappa shape index (κ3) is 7.71. The predicted octanol–water partition coefficient (Wildman–Crippen LogP) is 6.90. The fourth-order valence-electron chi connectivity index (χ4n) is 5.05. The molecule has 0 saturated heterocycles.